The second kappa shape index (κ2) is 37.7. The Hall–Kier alpha value is -3.50. The Morgan fingerprint density at radius 1 is 0.750 bits per heavy atom. The molecule has 0 aromatic heterocycles. The van der Waals surface area contributed by atoms with E-state index in [2.05, 4.69) is 79.1 Å². The molecule has 8 atom stereocenters. The van der Waals surface area contributed by atoms with Crippen molar-refractivity contribution in [1.82, 2.24) is 0 Å². The molecule has 0 amide bonds. The lowest BCUT2D eigenvalue weighted by Gasteiger charge is -2.36. The van der Waals surface area contributed by atoms with Gasteiger partial charge in [0.2, 0.25) is 0 Å². The number of rotatable bonds is 37. The van der Waals surface area contributed by atoms with E-state index in [4.69, 9.17) is 29.6 Å². The van der Waals surface area contributed by atoms with Crippen LogP contribution in [0.5, 0.6) is 0 Å². The quantitative estimate of drug-likeness (QED) is 0.0148. The first-order valence-corrected chi connectivity index (χ1v) is 24.5. The number of esters is 2. The molecule has 16 heteroatoms. The number of hydrogen-bond donors (Lipinski definition) is 6. The van der Waals surface area contributed by atoms with Crippen LogP contribution in [0.15, 0.2) is 85.1 Å². The molecule has 7 N–H and O–H groups in total. The number of nitrogens with two attached hydrogens (primary N) is 1. The molecule has 1 fully saturated rings. The van der Waals surface area contributed by atoms with E-state index in [9.17, 15) is 39.2 Å². The normalized spacial score (nSPS) is 20.9. The van der Waals surface area contributed by atoms with Gasteiger partial charge in [0.05, 0.1) is 31.5 Å². The first kappa shape index (κ1) is 58.5. The zero-order valence-corrected chi connectivity index (χ0v) is 39.0. The van der Waals surface area contributed by atoms with E-state index >= 15 is 0 Å². The molecule has 1 rings (SSSR count). The van der Waals surface area contributed by atoms with Crippen molar-refractivity contribution >= 4 is 25.7 Å². The molecule has 0 radical (unpaired) electrons. The van der Waals surface area contributed by atoms with E-state index in [1.807, 2.05) is 12.2 Å². The summed E-state index contributed by atoms with van der Waals surface area (Å²) in [7, 11) is -4.80. The van der Waals surface area contributed by atoms with Crippen molar-refractivity contribution in [2.24, 2.45) is 11.7 Å². The van der Waals surface area contributed by atoms with Crippen LogP contribution in [0.2, 0.25) is 0 Å². The molecule has 1 heterocycles. The molecule has 1 saturated heterocycles. The van der Waals surface area contributed by atoms with Crippen LogP contribution >= 0.6 is 7.82 Å². The van der Waals surface area contributed by atoms with Crippen LogP contribution in [0.4, 0.5) is 0 Å². The Morgan fingerprint density at radius 3 is 1.98 bits per heavy atom. The Labute approximate surface area is 381 Å². The van der Waals surface area contributed by atoms with E-state index in [0.717, 1.165) is 70.6 Å². The lowest BCUT2D eigenvalue weighted by Crippen LogP contribution is -2.43. The monoisotopic (exact) mass is 924 g/mol. The van der Waals surface area contributed by atoms with Gasteiger partial charge in [0.25, 0.3) is 0 Å². The summed E-state index contributed by atoms with van der Waals surface area (Å²) >= 11 is 0. The van der Waals surface area contributed by atoms with Gasteiger partial charge in [-0.15, -0.1) is 0 Å². The summed E-state index contributed by atoms with van der Waals surface area (Å²) in [6, 6.07) is -1.57. The largest absolute Gasteiger partial charge is 0.480 e. The van der Waals surface area contributed by atoms with Gasteiger partial charge in [0, 0.05) is 25.2 Å². The van der Waals surface area contributed by atoms with Crippen molar-refractivity contribution in [3.63, 3.8) is 0 Å². The zero-order valence-electron chi connectivity index (χ0n) is 38.1. The summed E-state index contributed by atoms with van der Waals surface area (Å²) in [5, 5.41) is 39.9. The minimum Gasteiger partial charge on any atom is -0.480 e. The average Bonchev–Trinajstić information content (AvgIpc) is 3.25. The second-order valence-corrected chi connectivity index (χ2v) is 17.1. The molecule has 364 valence electrons. The lowest BCUT2D eigenvalue weighted by atomic mass is 9.87. The number of aliphatic carboxylic acids is 1. The highest BCUT2D eigenvalue weighted by atomic mass is 31.2. The summed E-state index contributed by atoms with van der Waals surface area (Å²) in [5.41, 5.74) is 5.33. The van der Waals surface area contributed by atoms with Gasteiger partial charge in [-0.2, -0.15) is 0 Å². The minimum atomic E-state index is -4.80. The van der Waals surface area contributed by atoms with Gasteiger partial charge in [-0.25, -0.2) is 4.57 Å². The molecule has 64 heavy (non-hydrogen) atoms. The fraction of sp³-hybridized carbons (Fsp3) is 0.646. The van der Waals surface area contributed by atoms with Crippen LogP contribution in [0.3, 0.4) is 0 Å². The third-order valence-corrected chi connectivity index (χ3v) is 10.9. The Balaban J connectivity index is 2.54. The average molecular weight is 924 g/mol. The number of allylic oxidation sites excluding steroid dienone is 12. The van der Waals surface area contributed by atoms with Gasteiger partial charge < -0.3 is 45.3 Å². The fourth-order valence-electron chi connectivity index (χ4n) is 6.25. The third kappa shape index (κ3) is 32.2. The van der Waals surface area contributed by atoms with Crippen LogP contribution in [0.25, 0.3) is 0 Å². The number of carbonyl (C=O) groups is 3. The summed E-state index contributed by atoms with van der Waals surface area (Å²) in [5.74, 6) is -3.01. The molecule has 0 aliphatic carbocycles. The number of hydrogen-bond acceptors (Lipinski definition) is 13. The summed E-state index contributed by atoms with van der Waals surface area (Å²) in [4.78, 5) is 46.3. The van der Waals surface area contributed by atoms with Crippen molar-refractivity contribution in [3.05, 3.63) is 85.1 Å². The van der Waals surface area contributed by atoms with Crippen molar-refractivity contribution in [1.29, 1.82) is 0 Å². The van der Waals surface area contributed by atoms with E-state index in [1.165, 1.54) is 0 Å². The molecule has 1 aliphatic rings. The van der Waals surface area contributed by atoms with Crippen LogP contribution in [-0.2, 0) is 42.2 Å². The highest BCUT2D eigenvalue weighted by Crippen LogP contribution is 2.43. The Kier molecular flexibility index (Phi) is 34.5. The smallest absolute Gasteiger partial charge is 0.472 e. The molecule has 1 aliphatic heterocycles. The maximum atomic E-state index is 12.7. The maximum absolute atomic E-state index is 12.7. The number of carboxylic acid groups (broad SMARTS) is 1. The summed E-state index contributed by atoms with van der Waals surface area (Å²) in [6.45, 7) is 2.26. The highest BCUT2D eigenvalue weighted by Gasteiger charge is 2.35. The first-order valence-electron chi connectivity index (χ1n) is 23.0. The number of phosphoric acid groups is 1. The van der Waals surface area contributed by atoms with Gasteiger partial charge >= 0.3 is 25.7 Å². The van der Waals surface area contributed by atoms with Gasteiger partial charge in [-0.1, -0.05) is 125 Å². The molecule has 0 bridgehead atoms. The molecular weight excluding hydrogens is 845 g/mol. The number of phosphoric ester groups is 1. The van der Waals surface area contributed by atoms with E-state index in [-0.39, 0.29) is 25.2 Å². The lowest BCUT2D eigenvalue weighted by molar-refractivity contribution is -0.199. The molecule has 0 spiro atoms. The van der Waals surface area contributed by atoms with Crippen molar-refractivity contribution < 1.29 is 67.5 Å². The Bertz CT molecular complexity index is 1520. The standard InChI is InChI=1S/C48H78NO14P/c1-3-5-7-8-9-10-11-12-13-14-15-16-17-18-19-20-21-22-28-32-46(53)62-40(37-60-64(57,58)61-38-42(49)48(55)56)36-59-45(52)31-27-24-23-26-30-41-43(51)35-47(54)63-44(41)34-33-39(50)29-25-6-4-2/h5,7,9-10,12-13,15-16,18-19,23,26,33-34,39-44,47,50-51,54H,3-4,6,8,11,14,17,20-22,24-25,27-32,35-38,49H2,1-2H3,(H,55,56)(H,57,58)/b7-5-,10-9-,13-12-,16-15-,19-18-,26-23-,34-33+/t39-,40+,41-,42-,43-,44+,47?/m0/s1. The number of aliphatic hydroxyl groups excluding tert-OH is 3. The maximum Gasteiger partial charge on any atom is 0.472 e. The predicted octanol–water partition coefficient (Wildman–Crippen LogP) is 8.39. The van der Waals surface area contributed by atoms with E-state index < -0.39 is 82.3 Å². The summed E-state index contributed by atoms with van der Waals surface area (Å²) in [6.07, 6.45) is 36.9. The summed E-state index contributed by atoms with van der Waals surface area (Å²) < 4.78 is 38.3. The SMILES string of the molecule is CC/C=C\C/C=C\C/C=C\C/C=C\C/C=C\CCCCCC(=O)O[C@H](COC(=O)CCC/C=C\C[C@H]1[C@@H](O)CC(O)O[C@@H]1/C=C/[C@@H](O)CCCCC)COP(=O)(O)OC[C@H](N)C(=O)O. The third-order valence-electron chi connectivity index (χ3n) is 9.92. The number of carbonyl (C=O) groups excluding carboxylic acids is 2. The molecule has 0 aromatic carbocycles. The topological polar surface area (TPSA) is 242 Å². The van der Waals surface area contributed by atoms with Crippen LogP contribution in [0, 0.1) is 5.92 Å². The van der Waals surface area contributed by atoms with Crippen molar-refractivity contribution in [2.45, 2.75) is 173 Å². The fourth-order valence-corrected chi connectivity index (χ4v) is 7.02. The number of aliphatic hydroxyl groups is 3. The number of ether oxygens (including phenoxy) is 3. The first-order chi connectivity index (χ1) is 30.8. The van der Waals surface area contributed by atoms with Crippen molar-refractivity contribution in [2.75, 3.05) is 19.8 Å². The number of unbranched alkanes of at least 4 members (excludes halogenated alkanes) is 6. The molecular formula is C48H78NO14P. The molecule has 0 saturated carbocycles. The van der Waals surface area contributed by atoms with Crippen LogP contribution in [-0.4, -0.2) is 99.8 Å². The van der Waals surface area contributed by atoms with E-state index in [0.29, 0.717) is 32.1 Å². The van der Waals surface area contributed by atoms with Crippen molar-refractivity contribution in [3.8, 4) is 0 Å². The molecule has 2 unspecified atom stereocenters. The van der Waals surface area contributed by atoms with Gasteiger partial charge in [0.15, 0.2) is 12.4 Å². The zero-order chi connectivity index (χ0) is 47.3. The second-order valence-electron chi connectivity index (χ2n) is 15.7. The Morgan fingerprint density at radius 2 is 1.34 bits per heavy atom. The number of carboxylic acids is 1. The van der Waals surface area contributed by atoms with Crippen LogP contribution < -0.4 is 5.73 Å². The van der Waals surface area contributed by atoms with E-state index in [1.54, 1.807) is 12.2 Å². The van der Waals surface area contributed by atoms with Crippen LogP contribution in [0.1, 0.15) is 136 Å². The predicted molar refractivity (Wildman–Crippen MR) is 248 cm³/mol. The molecule has 0 aromatic rings. The van der Waals surface area contributed by atoms with Gasteiger partial charge in [0.1, 0.15) is 12.6 Å². The molecule has 15 nitrogen and oxygen atoms in total. The minimum absolute atomic E-state index is 0.0150. The van der Waals surface area contributed by atoms with Gasteiger partial charge in [-0.3, -0.25) is 23.4 Å². The highest BCUT2D eigenvalue weighted by molar-refractivity contribution is 7.47. The van der Waals surface area contributed by atoms with Gasteiger partial charge in [-0.05, 0) is 77.0 Å².